The van der Waals surface area contributed by atoms with Crippen LogP contribution in [-0.2, 0) is 10.0 Å². The Kier molecular flexibility index (Phi) is 5.56. The lowest BCUT2D eigenvalue weighted by atomic mass is 10.0. The highest BCUT2D eigenvalue weighted by Gasteiger charge is 2.22. The summed E-state index contributed by atoms with van der Waals surface area (Å²) >= 11 is 0. The van der Waals surface area contributed by atoms with Crippen LogP contribution in [0.25, 0.3) is 0 Å². The molecule has 1 aromatic rings. The molecule has 2 N–H and O–H groups in total. The van der Waals surface area contributed by atoms with Gasteiger partial charge in [0.25, 0.3) is 0 Å². The lowest BCUT2D eigenvalue weighted by Gasteiger charge is -2.27. The van der Waals surface area contributed by atoms with Gasteiger partial charge in [-0.05, 0) is 38.5 Å². The Morgan fingerprint density at radius 2 is 1.80 bits per heavy atom. The van der Waals surface area contributed by atoms with Crippen molar-refractivity contribution in [3.05, 3.63) is 29.8 Å². The van der Waals surface area contributed by atoms with Gasteiger partial charge in [-0.1, -0.05) is 12.1 Å². The maximum atomic E-state index is 11.3. The van der Waals surface area contributed by atoms with E-state index in [9.17, 15) is 8.42 Å². The first kappa shape index (κ1) is 16.9. The first-order valence-electron chi connectivity index (χ1n) is 6.49. The predicted molar refractivity (Wildman–Crippen MR) is 81.5 cm³/mol. The largest absolute Gasteiger partial charge is 0.497 e. The van der Waals surface area contributed by atoms with Crippen molar-refractivity contribution in [2.45, 2.75) is 32.4 Å². The van der Waals surface area contributed by atoms with E-state index < -0.39 is 15.6 Å². The molecule has 0 radical (unpaired) electrons. The molecular weight excluding hydrogens is 276 g/mol. The molecule has 5 nitrogen and oxygen atoms in total. The Hall–Kier alpha value is -1.11. The zero-order valence-corrected chi connectivity index (χ0v) is 13.5. The zero-order chi connectivity index (χ0) is 15.4. The lowest BCUT2D eigenvalue weighted by Crippen LogP contribution is -2.50. The van der Waals surface area contributed by atoms with E-state index in [2.05, 4.69) is 10.0 Å². The van der Waals surface area contributed by atoms with Crippen LogP contribution in [0.5, 0.6) is 5.75 Å². The predicted octanol–water partition coefficient (Wildman–Crippen LogP) is 1.67. The molecule has 0 saturated carbocycles. The third kappa shape index (κ3) is 5.90. The van der Waals surface area contributed by atoms with Gasteiger partial charge in [0.05, 0.1) is 13.4 Å². The van der Waals surface area contributed by atoms with Crippen LogP contribution < -0.4 is 14.8 Å². The van der Waals surface area contributed by atoms with E-state index in [1.807, 2.05) is 45.0 Å². The molecule has 0 aromatic heterocycles. The van der Waals surface area contributed by atoms with Gasteiger partial charge in [-0.3, -0.25) is 0 Å². The SMILES string of the molecule is COc1ccc(C(C)NCC(C)(C)NS(C)(=O)=O)cc1. The Bertz CT molecular complexity index is 524. The first-order valence-corrected chi connectivity index (χ1v) is 8.38. The van der Waals surface area contributed by atoms with Gasteiger partial charge in [-0.15, -0.1) is 0 Å². The van der Waals surface area contributed by atoms with Crippen molar-refractivity contribution in [1.29, 1.82) is 0 Å². The van der Waals surface area contributed by atoms with Gasteiger partial charge < -0.3 is 10.1 Å². The highest BCUT2D eigenvalue weighted by atomic mass is 32.2. The van der Waals surface area contributed by atoms with Crippen molar-refractivity contribution in [3.8, 4) is 5.75 Å². The molecule has 0 heterocycles. The quantitative estimate of drug-likeness (QED) is 0.804. The molecule has 0 bridgehead atoms. The highest BCUT2D eigenvalue weighted by Crippen LogP contribution is 2.17. The van der Waals surface area contributed by atoms with Gasteiger partial charge in [0.2, 0.25) is 10.0 Å². The van der Waals surface area contributed by atoms with Gasteiger partial charge in [-0.25, -0.2) is 13.1 Å². The standard InChI is InChI=1S/C14H24N2O3S/c1-11(12-6-8-13(19-4)9-7-12)15-10-14(2,3)16-20(5,17)18/h6-9,11,15-16H,10H2,1-5H3. The van der Waals surface area contributed by atoms with Crippen molar-refractivity contribution in [1.82, 2.24) is 10.0 Å². The van der Waals surface area contributed by atoms with Crippen molar-refractivity contribution in [2.24, 2.45) is 0 Å². The fourth-order valence-corrected chi connectivity index (χ4v) is 3.03. The van der Waals surface area contributed by atoms with Crippen LogP contribution in [0.1, 0.15) is 32.4 Å². The molecule has 1 rings (SSSR count). The summed E-state index contributed by atoms with van der Waals surface area (Å²) < 4.78 is 30.3. The third-order valence-electron chi connectivity index (χ3n) is 2.93. The third-order valence-corrected chi connectivity index (χ3v) is 3.85. The Morgan fingerprint density at radius 3 is 2.25 bits per heavy atom. The van der Waals surface area contributed by atoms with Crippen LogP contribution in [0.3, 0.4) is 0 Å². The number of hydrogen-bond donors (Lipinski definition) is 2. The zero-order valence-electron chi connectivity index (χ0n) is 12.7. The maximum Gasteiger partial charge on any atom is 0.209 e. The van der Waals surface area contributed by atoms with Crippen LogP contribution >= 0.6 is 0 Å². The van der Waals surface area contributed by atoms with Crippen molar-refractivity contribution in [3.63, 3.8) is 0 Å². The smallest absolute Gasteiger partial charge is 0.209 e. The Balaban J connectivity index is 2.59. The van der Waals surface area contributed by atoms with E-state index in [0.717, 1.165) is 11.3 Å². The molecule has 0 amide bonds. The summed E-state index contributed by atoms with van der Waals surface area (Å²) in [5.41, 5.74) is 0.592. The maximum absolute atomic E-state index is 11.3. The van der Waals surface area contributed by atoms with Gasteiger partial charge >= 0.3 is 0 Å². The average molecular weight is 300 g/mol. The molecule has 0 aliphatic rings. The monoisotopic (exact) mass is 300 g/mol. The van der Waals surface area contributed by atoms with E-state index in [1.54, 1.807) is 7.11 Å². The van der Waals surface area contributed by atoms with Gasteiger partial charge in [0, 0.05) is 18.1 Å². The van der Waals surface area contributed by atoms with Gasteiger partial charge in [0.1, 0.15) is 5.75 Å². The van der Waals surface area contributed by atoms with Crippen molar-refractivity contribution >= 4 is 10.0 Å². The summed E-state index contributed by atoms with van der Waals surface area (Å²) in [5.74, 6) is 0.819. The molecule has 0 spiro atoms. The molecule has 20 heavy (non-hydrogen) atoms. The van der Waals surface area contributed by atoms with Crippen molar-refractivity contribution < 1.29 is 13.2 Å². The normalized spacial score (nSPS) is 14.1. The van der Waals surface area contributed by atoms with E-state index in [-0.39, 0.29) is 6.04 Å². The second kappa shape index (κ2) is 6.56. The summed E-state index contributed by atoms with van der Waals surface area (Å²) in [6, 6.07) is 7.93. The van der Waals surface area contributed by atoms with Gasteiger partial charge in [-0.2, -0.15) is 0 Å². The second-order valence-corrected chi connectivity index (χ2v) is 7.38. The number of benzene rings is 1. The summed E-state index contributed by atoms with van der Waals surface area (Å²) in [7, 11) is -1.57. The minimum absolute atomic E-state index is 0.126. The molecule has 0 aliphatic carbocycles. The second-order valence-electron chi connectivity index (χ2n) is 5.63. The van der Waals surface area contributed by atoms with Crippen LogP contribution in [0.15, 0.2) is 24.3 Å². The minimum atomic E-state index is -3.21. The minimum Gasteiger partial charge on any atom is -0.497 e. The van der Waals surface area contributed by atoms with E-state index >= 15 is 0 Å². The Labute approximate surface area is 121 Å². The van der Waals surface area contributed by atoms with Crippen LogP contribution in [0.4, 0.5) is 0 Å². The number of sulfonamides is 1. The summed E-state index contributed by atoms with van der Waals surface area (Å²) in [6.07, 6.45) is 1.17. The fraction of sp³-hybridized carbons (Fsp3) is 0.571. The number of methoxy groups -OCH3 is 1. The number of hydrogen-bond acceptors (Lipinski definition) is 4. The Morgan fingerprint density at radius 1 is 1.25 bits per heavy atom. The van der Waals surface area contributed by atoms with E-state index in [0.29, 0.717) is 6.54 Å². The molecule has 0 fully saturated rings. The molecule has 0 saturated heterocycles. The number of rotatable bonds is 7. The number of ether oxygens (including phenoxy) is 1. The highest BCUT2D eigenvalue weighted by molar-refractivity contribution is 7.88. The molecule has 114 valence electrons. The lowest BCUT2D eigenvalue weighted by molar-refractivity contribution is 0.398. The fourth-order valence-electron chi connectivity index (χ4n) is 1.96. The van der Waals surface area contributed by atoms with E-state index in [4.69, 9.17) is 4.74 Å². The molecule has 6 heteroatoms. The van der Waals surface area contributed by atoms with Crippen LogP contribution in [-0.4, -0.2) is 33.9 Å². The summed E-state index contributed by atoms with van der Waals surface area (Å²) in [5, 5.41) is 3.33. The molecule has 0 aliphatic heterocycles. The topological polar surface area (TPSA) is 67.4 Å². The van der Waals surface area contributed by atoms with Crippen LogP contribution in [0, 0.1) is 0 Å². The average Bonchev–Trinajstić information content (AvgIpc) is 2.33. The first-order chi connectivity index (χ1) is 9.13. The summed E-state index contributed by atoms with van der Waals surface area (Å²) in [6.45, 7) is 6.27. The molecule has 1 aromatic carbocycles. The number of nitrogens with one attached hydrogen (secondary N) is 2. The molecule has 1 atom stereocenters. The van der Waals surface area contributed by atoms with Crippen LogP contribution in [0.2, 0.25) is 0 Å². The molecule has 1 unspecified atom stereocenters. The van der Waals surface area contributed by atoms with Gasteiger partial charge in [0.15, 0.2) is 0 Å². The summed E-state index contributed by atoms with van der Waals surface area (Å²) in [4.78, 5) is 0. The van der Waals surface area contributed by atoms with Crippen molar-refractivity contribution in [2.75, 3.05) is 19.9 Å². The molecular formula is C14H24N2O3S. The van der Waals surface area contributed by atoms with E-state index in [1.165, 1.54) is 6.26 Å².